The van der Waals surface area contributed by atoms with Crippen molar-refractivity contribution >= 4 is 0 Å². The zero-order chi connectivity index (χ0) is 13.7. The molecule has 1 aliphatic rings. The normalized spacial score (nSPS) is 30.2. The van der Waals surface area contributed by atoms with E-state index in [1.165, 1.54) is 4.90 Å². The summed E-state index contributed by atoms with van der Waals surface area (Å²) in [6.45, 7) is 6.30. The molecule has 1 rings (SSSR count). The molecule has 0 aromatic heterocycles. The highest BCUT2D eigenvalue weighted by Crippen LogP contribution is 2.47. The topological polar surface area (TPSA) is 104 Å². The molecule has 0 unspecified atom stereocenters. The van der Waals surface area contributed by atoms with Gasteiger partial charge in [0.25, 0.3) is 0 Å². The minimum Gasteiger partial charge on any atom is -0.395 e. The lowest BCUT2D eigenvalue weighted by atomic mass is 9.71. The quantitative estimate of drug-likeness (QED) is 0.386. The first kappa shape index (κ1) is 14.8. The molecule has 1 saturated heterocycles. The number of rotatable bonds is 2. The van der Waals surface area contributed by atoms with Crippen LogP contribution in [-0.4, -0.2) is 66.2 Å². The van der Waals surface area contributed by atoms with Gasteiger partial charge in [0.1, 0.15) is 0 Å². The second-order valence-electron chi connectivity index (χ2n) is 5.80. The highest BCUT2D eigenvalue weighted by atomic mass is 16.5. The molecule has 5 N–H and O–H groups in total. The number of piperidine rings is 1. The van der Waals surface area contributed by atoms with Crippen molar-refractivity contribution in [2.24, 2.45) is 0 Å². The molecule has 17 heavy (non-hydrogen) atoms. The van der Waals surface area contributed by atoms with Crippen LogP contribution in [0.15, 0.2) is 0 Å². The molecule has 0 spiro atoms. The molecule has 1 aliphatic heterocycles. The summed E-state index contributed by atoms with van der Waals surface area (Å²) in [7, 11) is 0. The van der Waals surface area contributed by atoms with Crippen molar-refractivity contribution in [3.8, 4) is 0 Å². The highest BCUT2D eigenvalue weighted by molar-refractivity contribution is 5.12. The molecule has 1 heterocycles. The fourth-order valence-electron chi connectivity index (χ4n) is 2.57. The molecule has 1 fully saturated rings. The molecule has 0 atom stereocenters. The number of β-amino-alcohol motifs (C(OH)–C–C–N with tert-alkyl or cyclic N) is 1. The Morgan fingerprint density at radius 2 is 1.24 bits per heavy atom. The van der Waals surface area contributed by atoms with Gasteiger partial charge in [-0.05, 0) is 27.7 Å². The number of aliphatic hydroxyl groups is 5. The molecule has 0 aromatic rings. The van der Waals surface area contributed by atoms with Crippen molar-refractivity contribution in [3.05, 3.63) is 0 Å². The van der Waals surface area contributed by atoms with Crippen LogP contribution in [0.3, 0.4) is 0 Å². The Morgan fingerprint density at radius 3 is 1.53 bits per heavy atom. The summed E-state index contributed by atoms with van der Waals surface area (Å²) in [5.74, 6) is -4.50. The number of hydrogen-bond acceptors (Lipinski definition) is 6. The first-order chi connectivity index (χ1) is 7.40. The third-order valence-electron chi connectivity index (χ3n) is 4.13. The van der Waals surface area contributed by atoms with E-state index in [0.29, 0.717) is 0 Å². The molecular formula is C11H23NO5. The Hall–Kier alpha value is -0.240. The number of aliphatic hydroxyl groups excluding tert-OH is 1. The summed E-state index contributed by atoms with van der Waals surface area (Å²) in [6, 6.07) is 0. The minimum atomic E-state index is -2.25. The lowest BCUT2D eigenvalue weighted by Crippen LogP contribution is -2.79. The van der Waals surface area contributed by atoms with Gasteiger partial charge in [0, 0.05) is 6.54 Å². The van der Waals surface area contributed by atoms with Crippen LogP contribution in [0.1, 0.15) is 34.1 Å². The highest BCUT2D eigenvalue weighted by Gasteiger charge is 2.64. The third-order valence-corrected chi connectivity index (χ3v) is 4.13. The summed E-state index contributed by atoms with van der Waals surface area (Å²) < 4.78 is 0. The van der Waals surface area contributed by atoms with Gasteiger partial charge in [-0.15, -0.1) is 0 Å². The van der Waals surface area contributed by atoms with Crippen LogP contribution in [0.2, 0.25) is 0 Å². The van der Waals surface area contributed by atoms with Gasteiger partial charge in [-0.3, -0.25) is 4.90 Å². The van der Waals surface area contributed by atoms with Crippen molar-refractivity contribution in [1.82, 2.24) is 4.90 Å². The van der Waals surface area contributed by atoms with Crippen LogP contribution in [0.25, 0.3) is 0 Å². The number of hydrogen-bond donors (Lipinski definition) is 5. The second-order valence-corrected chi connectivity index (χ2v) is 5.80. The second kappa shape index (κ2) is 3.88. The maximum Gasteiger partial charge on any atom is 0.186 e. The average molecular weight is 249 g/mol. The molecule has 0 radical (unpaired) electrons. The van der Waals surface area contributed by atoms with Crippen LogP contribution in [0, 0.1) is 0 Å². The fraction of sp³-hybridized carbons (Fsp3) is 1.00. The van der Waals surface area contributed by atoms with Crippen LogP contribution in [0.4, 0.5) is 0 Å². The van der Waals surface area contributed by atoms with E-state index < -0.39 is 29.1 Å². The Morgan fingerprint density at radius 1 is 0.882 bits per heavy atom. The van der Waals surface area contributed by atoms with Gasteiger partial charge in [-0.1, -0.05) is 0 Å². The van der Waals surface area contributed by atoms with E-state index in [0.717, 1.165) is 0 Å². The smallest absolute Gasteiger partial charge is 0.186 e. The van der Waals surface area contributed by atoms with E-state index in [2.05, 4.69) is 0 Å². The van der Waals surface area contributed by atoms with E-state index in [1.54, 1.807) is 27.7 Å². The molecule has 6 heteroatoms. The van der Waals surface area contributed by atoms with E-state index in [1.807, 2.05) is 0 Å². The zero-order valence-electron chi connectivity index (χ0n) is 10.8. The van der Waals surface area contributed by atoms with Crippen LogP contribution < -0.4 is 0 Å². The van der Waals surface area contributed by atoms with Gasteiger partial charge in [0.05, 0.1) is 24.1 Å². The summed E-state index contributed by atoms with van der Waals surface area (Å²) >= 11 is 0. The number of nitrogens with zero attached hydrogens (tertiary/aromatic N) is 1. The van der Waals surface area contributed by atoms with Gasteiger partial charge in [-0.2, -0.15) is 0 Å². The van der Waals surface area contributed by atoms with Crippen LogP contribution in [0.5, 0.6) is 0 Å². The Bertz CT molecular complexity index is 272. The van der Waals surface area contributed by atoms with Crippen LogP contribution in [-0.2, 0) is 0 Å². The predicted octanol–water partition coefficient (Wildman–Crippen LogP) is -1.40. The van der Waals surface area contributed by atoms with Crippen LogP contribution >= 0.6 is 0 Å². The van der Waals surface area contributed by atoms with Crippen molar-refractivity contribution in [2.45, 2.75) is 56.8 Å². The monoisotopic (exact) mass is 249 g/mol. The SMILES string of the molecule is CC1(C)N(CCO)C(C)(C)C(O)(O)CC1(O)O. The van der Waals surface area contributed by atoms with Gasteiger partial charge in [0.2, 0.25) is 0 Å². The minimum absolute atomic E-state index is 0.117. The predicted molar refractivity (Wildman–Crippen MR) is 60.9 cm³/mol. The van der Waals surface area contributed by atoms with Gasteiger partial charge < -0.3 is 25.5 Å². The molecule has 0 bridgehead atoms. The maximum absolute atomic E-state index is 9.98. The Kier molecular flexibility index (Phi) is 3.38. The standard InChI is InChI=1S/C11H23NO5/c1-8(2)10(14,15)7-11(16,17)9(3,4)12(8)5-6-13/h13-17H,5-7H2,1-4H3. The molecule has 0 aromatic carbocycles. The molecule has 0 amide bonds. The van der Waals surface area contributed by atoms with E-state index >= 15 is 0 Å². The average Bonchev–Trinajstić information content (AvgIpc) is 2.09. The molecule has 6 nitrogen and oxygen atoms in total. The maximum atomic E-state index is 9.98. The van der Waals surface area contributed by atoms with E-state index in [9.17, 15) is 20.4 Å². The van der Waals surface area contributed by atoms with Gasteiger partial charge in [0.15, 0.2) is 11.6 Å². The fourth-order valence-corrected chi connectivity index (χ4v) is 2.57. The zero-order valence-corrected chi connectivity index (χ0v) is 10.8. The van der Waals surface area contributed by atoms with Crippen molar-refractivity contribution in [2.75, 3.05) is 13.2 Å². The largest absolute Gasteiger partial charge is 0.395 e. The van der Waals surface area contributed by atoms with Gasteiger partial charge in [-0.25, -0.2) is 0 Å². The van der Waals surface area contributed by atoms with Gasteiger partial charge >= 0.3 is 0 Å². The third kappa shape index (κ3) is 1.99. The lowest BCUT2D eigenvalue weighted by Gasteiger charge is -2.62. The summed E-state index contributed by atoms with van der Waals surface area (Å²) in [5.41, 5.74) is -2.21. The van der Waals surface area contributed by atoms with Crippen molar-refractivity contribution in [3.63, 3.8) is 0 Å². The first-order valence-electron chi connectivity index (χ1n) is 5.68. The molecule has 102 valence electrons. The Balaban J connectivity index is 3.27. The van der Waals surface area contributed by atoms with E-state index in [4.69, 9.17) is 5.11 Å². The Labute approximate surface area is 101 Å². The van der Waals surface area contributed by atoms with E-state index in [-0.39, 0.29) is 13.2 Å². The lowest BCUT2D eigenvalue weighted by molar-refractivity contribution is -0.376. The summed E-state index contributed by atoms with van der Waals surface area (Å²) in [5, 5.41) is 49.0. The summed E-state index contributed by atoms with van der Waals surface area (Å²) in [6.07, 6.45) is -0.568. The summed E-state index contributed by atoms with van der Waals surface area (Å²) in [4.78, 5) is 1.50. The first-order valence-corrected chi connectivity index (χ1v) is 5.68. The molecular weight excluding hydrogens is 226 g/mol. The molecule has 0 saturated carbocycles. The number of likely N-dealkylation sites (tertiary alicyclic amines) is 1. The van der Waals surface area contributed by atoms with Crippen molar-refractivity contribution < 1.29 is 25.5 Å². The molecule has 0 aliphatic carbocycles. The van der Waals surface area contributed by atoms with Crippen molar-refractivity contribution in [1.29, 1.82) is 0 Å².